The Morgan fingerprint density at radius 2 is 2.30 bits per heavy atom. The average molecular weight is 311 g/mol. The molecule has 0 aliphatic carbocycles. The summed E-state index contributed by atoms with van der Waals surface area (Å²) in [5.74, 6) is 0.305. The molecule has 3 rings (SSSR count). The quantitative estimate of drug-likeness (QED) is 0.849. The third-order valence-electron chi connectivity index (χ3n) is 3.65. The molecule has 0 amide bonds. The lowest BCUT2D eigenvalue weighted by molar-refractivity contribution is 0.591. The molecule has 1 fully saturated rings. The lowest BCUT2D eigenvalue weighted by Gasteiger charge is -2.13. The van der Waals surface area contributed by atoms with E-state index < -0.39 is 9.84 Å². The molecule has 1 aromatic heterocycles. The molecule has 2 aromatic rings. The highest BCUT2D eigenvalue weighted by Gasteiger charge is 2.30. The number of aryl methyl sites for hydroxylation is 1. The van der Waals surface area contributed by atoms with Crippen molar-refractivity contribution in [3.8, 4) is 0 Å². The van der Waals surface area contributed by atoms with Crippen molar-refractivity contribution < 1.29 is 8.42 Å². The van der Waals surface area contributed by atoms with Crippen LogP contribution in [0.1, 0.15) is 17.8 Å². The molecule has 1 atom stereocenters. The van der Waals surface area contributed by atoms with Crippen LogP contribution in [-0.2, 0) is 9.84 Å². The van der Waals surface area contributed by atoms with Crippen molar-refractivity contribution in [2.24, 2.45) is 0 Å². The van der Waals surface area contributed by atoms with Crippen molar-refractivity contribution in [3.63, 3.8) is 0 Å². The Morgan fingerprint density at radius 3 is 3.00 bits per heavy atom. The van der Waals surface area contributed by atoms with E-state index >= 15 is 0 Å². The van der Waals surface area contributed by atoms with Gasteiger partial charge in [0.15, 0.2) is 9.84 Å². The van der Waals surface area contributed by atoms with Crippen LogP contribution in [0, 0.1) is 6.92 Å². The zero-order chi connectivity index (χ0) is 14.3. The highest BCUT2D eigenvalue weighted by atomic mass is 32.2. The first kappa shape index (κ1) is 13.6. The molecule has 0 saturated carbocycles. The molecule has 1 saturated heterocycles. The maximum atomic E-state index is 11.8. The number of nitrogens with one attached hydrogen (secondary N) is 1. The standard InChI is InChI=1S/C13H17N3O2S2/c1-8-16-12-6-11(10(14)5-13(12)19-8)15-7-9-3-2-4-20(9,17)18/h5-6,9,15H,2-4,7,14H2,1H3. The van der Waals surface area contributed by atoms with E-state index in [1.807, 2.05) is 19.1 Å². The molecule has 1 aliphatic heterocycles. The Hall–Kier alpha value is -1.34. The van der Waals surface area contributed by atoms with Crippen LogP contribution in [0.2, 0.25) is 0 Å². The summed E-state index contributed by atoms with van der Waals surface area (Å²) in [6.07, 6.45) is 1.49. The number of aromatic nitrogens is 1. The Morgan fingerprint density at radius 1 is 1.50 bits per heavy atom. The van der Waals surface area contributed by atoms with Gasteiger partial charge in [0.05, 0.1) is 37.6 Å². The minimum atomic E-state index is -2.93. The average Bonchev–Trinajstić information content (AvgIpc) is 2.87. The summed E-state index contributed by atoms with van der Waals surface area (Å²) < 4.78 is 24.7. The first-order valence-electron chi connectivity index (χ1n) is 6.58. The SMILES string of the molecule is Cc1nc2cc(NCC3CCCS3(=O)=O)c(N)cc2s1. The third-order valence-corrected chi connectivity index (χ3v) is 6.86. The van der Waals surface area contributed by atoms with Crippen LogP contribution in [0.25, 0.3) is 10.2 Å². The predicted molar refractivity (Wildman–Crippen MR) is 84.1 cm³/mol. The molecule has 0 spiro atoms. The van der Waals surface area contributed by atoms with Crippen LogP contribution in [0.5, 0.6) is 0 Å². The summed E-state index contributed by atoms with van der Waals surface area (Å²) in [5.41, 5.74) is 8.32. The van der Waals surface area contributed by atoms with Crippen molar-refractivity contribution >= 4 is 42.8 Å². The number of hydrogen-bond acceptors (Lipinski definition) is 6. The zero-order valence-corrected chi connectivity index (χ0v) is 12.9. The van der Waals surface area contributed by atoms with E-state index in [0.717, 1.165) is 33.8 Å². The minimum Gasteiger partial charge on any atom is -0.397 e. The zero-order valence-electron chi connectivity index (χ0n) is 11.2. The second-order valence-corrected chi connectivity index (χ2v) is 8.79. The molecule has 20 heavy (non-hydrogen) atoms. The number of thiazole rings is 1. The summed E-state index contributed by atoms with van der Waals surface area (Å²) in [7, 11) is -2.93. The minimum absolute atomic E-state index is 0.297. The molecule has 2 heterocycles. The van der Waals surface area contributed by atoms with Crippen molar-refractivity contribution in [2.45, 2.75) is 25.0 Å². The van der Waals surface area contributed by atoms with Crippen LogP contribution in [0.15, 0.2) is 12.1 Å². The molecule has 0 radical (unpaired) electrons. The monoisotopic (exact) mass is 311 g/mol. The molecule has 3 N–H and O–H groups in total. The second-order valence-electron chi connectivity index (χ2n) is 5.15. The summed E-state index contributed by atoms with van der Waals surface area (Å²) in [6.45, 7) is 2.38. The van der Waals surface area contributed by atoms with Gasteiger partial charge in [-0.25, -0.2) is 13.4 Å². The van der Waals surface area contributed by atoms with Gasteiger partial charge in [-0.2, -0.15) is 0 Å². The first-order valence-corrected chi connectivity index (χ1v) is 9.11. The van der Waals surface area contributed by atoms with E-state index in [2.05, 4.69) is 10.3 Å². The molecular formula is C13H17N3O2S2. The summed E-state index contributed by atoms with van der Waals surface area (Å²) >= 11 is 1.60. The number of benzene rings is 1. The number of nitrogen functional groups attached to an aromatic ring is 1. The highest BCUT2D eigenvalue weighted by molar-refractivity contribution is 7.92. The number of anilines is 2. The molecule has 7 heteroatoms. The van der Waals surface area contributed by atoms with Crippen molar-refractivity contribution in [2.75, 3.05) is 23.3 Å². The van der Waals surface area contributed by atoms with Gasteiger partial charge in [-0.15, -0.1) is 11.3 Å². The predicted octanol–water partition coefficient (Wildman–Crippen LogP) is 2.18. The van der Waals surface area contributed by atoms with Crippen LogP contribution in [-0.4, -0.2) is 30.9 Å². The third kappa shape index (κ3) is 2.47. The smallest absolute Gasteiger partial charge is 0.154 e. The van der Waals surface area contributed by atoms with E-state index in [1.165, 1.54) is 0 Å². The van der Waals surface area contributed by atoms with E-state index in [9.17, 15) is 8.42 Å². The van der Waals surface area contributed by atoms with Gasteiger partial charge in [-0.1, -0.05) is 0 Å². The number of nitrogens with zero attached hydrogens (tertiary/aromatic N) is 1. The number of hydrogen-bond donors (Lipinski definition) is 2. The molecule has 5 nitrogen and oxygen atoms in total. The number of rotatable bonds is 3. The second kappa shape index (κ2) is 4.89. The van der Waals surface area contributed by atoms with E-state index in [-0.39, 0.29) is 5.25 Å². The van der Waals surface area contributed by atoms with Crippen LogP contribution in [0.4, 0.5) is 11.4 Å². The Labute approximate surface area is 122 Å². The Balaban J connectivity index is 1.82. The molecule has 1 aromatic carbocycles. The molecule has 1 unspecified atom stereocenters. The number of fused-ring (bicyclic) bond motifs is 1. The van der Waals surface area contributed by atoms with E-state index in [4.69, 9.17) is 5.73 Å². The van der Waals surface area contributed by atoms with Gasteiger partial charge in [0.25, 0.3) is 0 Å². The van der Waals surface area contributed by atoms with Gasteiger partial charge in [-0.05, 0) is 31.9 Å². The van der Waals surface area contributed by atoms with Gasteiger partial charge < -0.3 is 11.1 Å². The lowest BCUT2D eigenvalue weighted by Crippen LogP contribution is -2.25. The fraction of sp³-hybridized carbons (Fsp3) is 0.462. The number of sulfone groups is 1. The lowest BCUT2D eigenvalue weighted by atomic mass is 10.2. The van der Waals surface area contributed by atoms with Gasteiger partial charge in [0.2, 0.25) is 0 Å². The summed E-state index contributed by atoms with van der Waals surface area (Å²) in [6, 6.07) is 3.79. The molecular weight excluding hydrogens is 294 g/mol. The topological polar surface area (TPSA) is 85.1 Å². The van der Waals surface area contributed by atoms with E-state index in [1.54, 1.807) is 11.3 Å². The maximum Gasteiger partial charge on any atom is 0.154 e. The van der Waals surface area contributed by atoms with Crippen molar-refractivity contribution in [3.05, 3.63) is 17.1 Å². The molecule has 0 bridgehead atoms. The normalized spacial score (nSPS) is 21.4. The number of nitrogens with two attached hydrogens (primary N) is 1. The Kier molecular flexibility index (Phi) is 3.33. The van der Waals surface area contributed by atoms with Gasteiger partial charge in [0.1, 0.15) is 0 Å². The Bertz CT molecular complexity index is 752. The summed E-state index contributed by atoms with van der Waals surface area (Å²) in [5, 5.41) is 3.87. The van der Waals surface area contributed by atoms with Crippen LogP contribution >= 0.6 is 11.3 Å². The van der Waals surface area contributed by atoms with Crippen LogP contribution in [0.3, 0.4) is 0 Å². The molecule has 1 aliphatic rings. The van der Waals surface area contributed by atoms with Gasteiger partial charge in [0, 0.05) is 6.54 Å². The van der Waals surface area contributed by atoms with Crippen LogP contribution < -0.4 is 11.1 Å². The van der Waals surface area contributed by atoms with Crippen molar-refractivity contribution in [1.82, 2.24) is 4.98 Å². The summed E-state index contributed by atoms with van der Waals surface area (Å²) in [4.78, 5) is 4.43. The first-order chi connectivity index (χ1) is 9.45. The van der Waals surface area contributed by atoms with Gasteiger partial charge >= 0.3 is 0 Å². The fourth-order valence-corrected chi connectivity index (χ4v) is 5.19. The van der Waals surface area contributed by atoms with Crippen molar-refractivity contribution in [1.29, 1.82) is 0 Å². The highest BCUT2D eigenvalue weighted by Crippen LogP contribution is 2.30. The molecule has 108 valence electrons. The van der Waals surface area contributed by atoms with E-state index in [0.29, 0.717) is 18.0 Å². The maximum absolute atomic E-state index is 11.8. The largest absolute Gasteiger partial charge is 0.397 e. The fourth-order valence-electron chi connectivity index (χ4n) is 2.57. The van der Waals surface area contributed by atoms with Gasteiger partial charge in [-0.3, -0.25) is 0 Å².